The lowest BCUT2D eigenvalue weighted by molar-refractivity contribution is 0.311. The zero-order chi connectivity index (χ0) is 18.1. The van der Waals surface area contributed by atoms with E-state index >= 15 is 0 Å². The molecule has 3 aromatic rings. The SMILES string of the molecule is Cc1nnc(C(C#N)c2nc3ccccc3nc2N2CCN(C)CC2)o1. The first-order chi connectivity index (χ1) is 12.7. The molecule has 1 unspecified atom stereocenters. The average molecular weight is 349 g/mol. The second-order valence-electron chi connectivity index (χ2n) is 6.43. The average Bonchev–Trinajstić information content (AvgIpc) is 3.08. The van der Waals surface area contributed by atoms with Crippen molar-refractivity contribution in [1.29, 1.82) is 5.26 Å². The van der Waals surface area contributed by atoms with Crippen LogP contribution in [0.4, 0.5) is 5.82 Å². The first-order valence-corrected chi connectivity index (χ1v) is 8.55. The first kappa shape index (κ1) is 16.4. The van der Waals surface area contributed by atoms with Crippen molar-refractivity contribution in [2.75, 3.05) is 38.1 Å². The van der Waals surface area contributed by atoms with Crippen molar-refractivity contribution in [2.24, 2.45) is 0 Å². The predicted octanol–water partition coefficient (Wildman–Crippen LogP) is 1.73. The van der Waals surface area contributed by atoms with Gasteiger partial charge in [0.1, 0.15) is 5.69 Å². The number of nitrogens with zero attached hydrogens (tertiary/aromatic N) is 7. The summed E-state index contributed by atoms with van der Waals surface area (Å²) >= 11 is 0. The summed E-state index contributed by atoms with van der Waals surface area (Å²) in [5.41, 5.74) is 2.12. The van der Waals surface area contributed by atoms with Crippen LogP contribution in [0.25, 0.3) is 11.0 Å². The molecule has 0 bridgehead atoms. The van der Waals surface area contributed by atoms with Crippen LogP contribution in [0.3, 0.4) is 0 Å². The van der Waals surface area contributed by atoms with E-state index in [1.54, 1.807) is 6.92 Å². The lowest BCUT2D eigenvalue weighted by Gasteiger charge is -2.34. The highest BCUT2D eigenvalue weighted by Crippen LogP contribution is 2.31. The maximum absolute atomic E-state index is 9.81. The lowest BCUT2D eigenvalue weighted by atomic mass is 10.1. The Hall–Kier alpha value is -3.05. The summed E-state index contributed by atoms with van der Waals surface area (Å²) in [5.74, 6) is 0.655. The third-order valence-electron chi connectivity index (χ3n) is 4.57. The molecule has 132 valence electrons. The number of piperazine rings is 1. The number of likely N-dealkylation sites (N-methyl/N-ethyl adjacent to an activating group) is 1. The molecule has 1 aromatic carbocycles. The minimum Gasteiger partial charge on any atom is -0.424 e. The van der Waals surface area contributed by atoms with Crippen molar-refractivity contribution in [2.45, 2.75) is 12.8 Å². The number of hydrogen-bond acceptors (Lipinski definition) is 8. The third kappa shape index (κ3) is 2.97. The molecule has 1 fully saturated rings. The van der Waals surface area contributed by atoms with Gasteiger partial charge >= 0.3 is 0 Å². The minimum atomic E-state index is -0.747. The van der Waals surface area contributed by atoms with Gasteiger partial charge in [0.05, 0.1) is 17.1 Å². The number of nitriles is 1. The number of aromatic nitrogens is 4. The van der Waals surface area contributed by atoms with Gasteiger partial charge in [-0.15, -0.1) is 10.2 Å². The molecule has 8 nitrogen and oxygen atoms in total. The Balaban J connectivity index is 1.85. The fraction of sp³-hybridized carbons (Fsp3) is 0.389. The zero-order valence-corrected chi connectivity index (χ0v) is 14.8. The number of fused-ring (bicyclic) bond motifs is 1. The summed E-state index contributed by atoms with van der Waals surface area (Å²) in [5, 5.41) is 17.7. The Morgan fingerprint density at radius 1 is 1.08 bits per heavy atom. The molecule has 0 aliphatic carbocycles. The molecular formula is C18H19N7O. The van der Waals surface area contributed by atoms with E-state index in [-0.39, 0.29) is 5.89 Å². The predicted molar refractivity (Wildman–Crippen MR) is 95.7 cm³/mol. The zero-order valence-electron chi connectivity index (χ0n) is 14.8. The molecule has 1 aliphatic rings. The van der Waals surface area contributed by atoms with Crippen LogP contribution in [0.15, 0.2) is 28.7 Å². The Labute approximate surface area is 151 Å². The van der Waals surface area contributed by atoms with Crippen LogP contribution >= 0.6 is 0 Å². The Morgan fingerprint density at radius 2 is 1.77 bits per heavy atom. The van der Waals surface area contributed by atoms with Gasteiger partial charge in [-0.2, -0.15) is 5.26 Å². The normalized spacial score (nSPS) is 16.6. The second-order valence-corrected chi connectivity index (χ2v) is 6.43. The molecule has 1 atom stereocenters. The van der Waals surface area contributed by atoms with E-state index in [2.05, 4.69) is 33.1 Å². The van der Waals surface area contributed by atoms with Crippen LogP contribution in [-0.4, -0.2) is 58.3 Å². The van der Waals surface area contributed by atoms with Crippen molar-refractivity contribution in [3.8, 4) is 6.07 Å². The fourth-order valence-electron chi connectivity index (χ4n) is 3.11. The number of anilines is 1. The molecule has 1 saturated heterocycles. The van der Waals surface area contributed by atoms with Crippen molar-refractivity contribution >= 4 is 16.9 Å². The van der Waals surface area contributed by atoms with Gasteiger partial charge in [-0.1, -0.05) is 12.1 Å². The van der Waals surface area contributed by atoms with Crippen LogP contribution in [0, 0.1) is 18.3 Å². The number of para-hydroxylation sites is 2. The standard InChI is InChI=1S/C18H19N7O/c1-12-22-23-18(26-12)13(11-19)16-17(25-9-7-24(2)8-10-25)21-15-6-4-3-5-14(15)20-16/h3-6,13H,7-10H2,1-2H3. The van der Waals surface area contributed by atoms with Gasteiger partial charge < -0.3 is 14.2 Å². The Morgan fingerprint density at radius 3 is 2.38 bits per heavy atom. The number of benzene rings is 1. The molecule has 4 rings (SSSR count). The van der Waals surface area contributed by atoms with E-state index in [1.165, 1.54) is 0 Å². The van der Waals surface area contributed by atoms with Crippen molar-refractivity contribution in [3.63, 3.8) is 0 Å². The Kier molecular flexibility index (Phi) is 4.22. The summed E-state index contributed by atoms with van der Waals surface area (Å²) in [4.78, 5) is 14.0. The van der Waals surface area contributed by atoms with Gasteiger partial charge in [0.2, 0.25) is 11.8 Å². The van der Waals surface area contributed by atoms with Crippen LogP contribution < -0.4 is 4.90 Å². The van der Waals surface area contributed by atoms with Crippen LogP contribution in [0.2, 0.25) is 0 Å². The largest absolute Gasteiger partial charge is 0.424 e. The summed E-state index contributed by atoms with van der Waals surface area (Å²) in [6, 6.07) is 9.94. The topological polar surface area (TPSA) is 95.0 Å². The summed E-state index contributed by atoms with van der Waals surface area (Å²) in [6.45, 7) is 5.24. The summed E-state index contributed by atoms with van der Waals surface area (Å²) in [7, 11) is 2.10. The molecule has 0 N–H and O–H groups in total. The quantitative estimate of drug-likeness (QED) is 0.705. The monoisotopic (exact) mass is 349 g/mol. The fourth-order valence-corrected chi connectivity index (χ4v) is 3.11. The van der Waals surface area contributed by atoms with Crippen LogP contribution in [-0.2, 0) is 0 Å². The molecule has 0 saturated carbocycles. The van der Waals surface area contributed by atoms with Gasteiger partial charge in [0.25, 0.3) is 0 Å². The molecule has 0 spiro atoms. The van der Waals surface area contributed by atoms with Gasteiger partial charge in [0, 0.05) is 33.1 Å². The molecule has 2 aromatic heterocycles. The highest BCUT2D eigenvalue weighted by atomic mass is 16.4. The van der Waals surface area contributed by atoms with E-state index in [0.29, 0.717) is 11.6 Å². The van der Waals surface area contributed by atoms with E-state index in [1.807, 2.05) is 24.3 Å². The molecule has 0 radical (unpaired) electrons. The van der Waals surface area contributed by atoms with Gasteiger partial charge in [-0.3, -0.25) is 0 Å². The number of aryl methyl sites for hydroxylation is 1. The van der Waals surface area contributed by atoms with E-state index < -0.39 is 5.92 Å². The molecule has 3 heterocycles. The molecule has 1 aliphatic heterocycles. The molecule has 26 heavy (non-hydrogen) atoms. The first-order valence-electron chi connectivity index (χ1n) is 8.55. The molecule has 8 heteroatoms. The summed E-state index contributed by atoms with van der Waals surface area (Å²) in [6.07, 6.45) is 0. The lowest BCUT2D eigenvalue weighted by Crippen LogP contribution is -2.45. The second kappa shape index (κ2) is 6.69. The highest BCUT2D eigenvalue weighted by molar-refractivity contribution is 5.77. The minimum absolute atomic E-state index is 0.255. The third-order valence-corrected chi connectivity index (χ3v) is 4.57. The van der Waals surface area contributed by atoms with Gasteiger partial charge in [0.15, 0.2) is 11.7 Å². The Bertz CT molecular complexity index is 969. The van der Waals surface area contributed by atoms with E-state index in [9.17, 15) is 5.26 Å². The molecular weight excluding hydrogens is 330 g/mol. The number of rotatable bonds is 3. The van der Waals surface area contributed by atoms with Gasteiger partial charge in [-0.05, 0) is 19.2 Å². The highest BCUT2D eigenvalue weighted by Gasteiger charge is 2.29. The van der Waals surface area contributed by atoms with Crippen LogP contribution in [0.1, 0.15) is 23.4 Å². The maximum Gasteiger partial charge on any atom is 0.239 e. The van der Waals surface area contributed by atoms with Crippen LogP contribution in [0.5, 0.6) is 0 Å². The summed E-state index contributed by atoms with van der Waals surface area (Å²) < 4.78 is 5.52. The van der Waals surface area contributed by atoms with E-state index in [4.69, 9.17) is 14.4 Å². The van der Waals surface area contributed by atoms with E-state index in [0.717, 1.165) is 43.0 Å². The van der Waals surface area contributed by atoms with Gasteiger partial charge in [-0.25, -0.2) is 9.97 Å². The van der Waals surface area contributed by atoms with Crippen molar-refractivity contribution in [3.05, 3.63) is 41.7 Å². The smallest absolute Gasteiger partial charge is 0.239 e. The molecule has 0 amide bonds. The maximum atomic E-state index is 9.81. The van der Waals surface area contributed by atoms with Crippen molar-refractivity contribution < 1.29 is 4.42 Å². The number of hydrogen-bond donors (Lipinski definition) is 0. The van der Waals surface area contributed by atoms with Crippen molar-refractivity contribution in [1.82, 2.24) is 25.1 Å².